The summed E-state index contributed by atoms with van der Waals surface area (Å²) in [7, 11) is 0. The van der Waals surface area contributed by atoms with Crippen LogP contribution >= 0.6 is 0 Å². The fraction of sp³-hybridized carbons (Fsp3) is 0. The van der Waals surface area contributed by atoms with Gasteiger partial charge >= 0.3 is 0 Å². The molecule has 0 radical (unpaired) electrons. The molecule has 0 aliphatic rings. The maximum absolute atomic E-state index is 10.9. The number of benzene rings is 3. The maximum Gasteiger partial charge on any atom is 0.233 e. The number of nitrogens with one attached hydrogen (secondary N) is 3. The fourth-order valence-electron chi connectivity index (χ4n) is 2.67. The van der Waals surface area contributed by atoms with Crippen LogP contribution in [0.25, 0.3) is 0 Å². The van der Waals surface area contributed by atoms with Crippen molar-refractivity contribution in [1.82, 2.24) is 15.0 Å². The van der Waals surface area contributed by atoms with E-state index in [1.54, 1.807) is 72.8 Å². The van der Waals surface area contributed by atoms with E-state index in [9.17, 15) is 15.0 Å². The monoisotopic (exact) mass is 414 g/mol. The Bertz CT molecular complexity index is 1110. The largest absolute Gasteiger partial charge is 0.508 e. The van der Waals surface area contributed by atoms with Gasteiger partial charge in [-0.15, -0.1) is 0 Å². The highest BCUT2D eigenvalue weighted by Crippen LogP contribution is 2.23. The number of carbonyl (C=O) groups is 1. The summed E-state index contributed by atoms with van der Waals surface area (Å²) in [6, 6.07) is 19.8. The Hall–Kier alpha value is -4.66. The zero-order valence-corrected chi connectivity index (χ0v) is 16.1. The van der Waals surface area contributed by atoms with Crippen molar-refractivity contribution in [1.29, 1.82) is 0 Å². The molecule has 0 atom stereocenters. The molecule has 3 aromatic carbocycles. The van der Waals surface area contributed by atoms with Gasteiger partial charge in [0, 0.05) is 22.6 Å². The van der Waals surface area contributed by atoms with Crippen LogP contribution < -0.4 is 16.0 Å². The summed E-state index contributed by atoms with van der Waals surface area (Å²) in [5.41, 5.74) is 2.62. The average molecular weight is 414 g/mol. The molecule has 4 rings (SSSR count). The lowest BCUT2D eigenvalue weighted by molar-refractivity contribution is 0.112. The zero-order valence-electron chi connectivity index (χ0n) is 16.1. The van der Waals surface area contributed by atoms with Crippen LogP contribution in [0.1, 0.15) is 10.4 Å². The first-order valence-corrected chi connectivity index (χ1v) is 9.28. The van der Waals surface area contributed by atoms with Gasteiger partial charge in [-0.2, -0.15) is 15.0 Å². The number of aromatic hydroxyl groups is 2. The van der Waals surface area contributed by atoms with Crippen LogP contribution in [0.3, 0.4) is 0 Å². The van der Waals surface area contributed by atoms with Gasteiger partial charge in [0.15, 0.2) is 0 Å². The Balaban J connectivity index is 1.63. The molecule has 0 saturated heterocycles. The molecule has 9 heteroatoms. The minimum absolute atomic E-state index is 0.150. The standard InChI is InChI=1S/C22H18N6O3/c29-13-14-1-3-15(4-2-14)23-20-26-21(24-16-5-9-18(30)10-6-16)28-22(27-20)25-17-7-11-19(31)12-8-17/h1-13,30-31H,(H3,23,24,25,26,27,28). The molecule has 0 aliphatic heterocycles. The molecule has 1 aromatic heterocycles. The molecule has 0 spiro atoms. The third-order valence-electron chi connectivity index (χ3n) is 4.19. The van der Waals surface area contributed by atoms with Gasteiger partial charge in [-0.25, -0.2) is 0 Å². The number of anilines is 6. The molecule has 4 aromatic rings. The molecule has 0 unspecified atom stereocenters. The number of aromatic nitrogens is 3. The predicted octanol–water partition coefficient (Wildman–Crippen LogP) is 4.33. The van der Waals surface area contributed by atoms with Gasteiger partial charge in [0.2, 0.25) is 17.8 Å². The van der Waals surface area contributed by atoms with E-state index >= 15 is 0 Å². The van der Waals surface area contributed by atoms with Crippen LogP contribution in [-0.2, 0) is 0 Å². The smallest absolute Gasteiger partial charge is 0.233 e. The molecule has 0 fully saturated rings. The van der Waals surface area contributed by atoms with E-state index in [2.05, 4.69) is 30.9 Å². The van der Waals surface area contributed by atoms with E-state index < -0.39 is 0 Å². The highest BCUT2D eigenvalue weighted by atomic mass is 16.3. The second kappa shape index (κ2) is 8.78. The quantitative estimate of drug-likeness (QED) is 0.221. The van der Waals surface area contributed by atoms with E-state index in [0.717, 1.165) is 6.29 Å². The summed E-state index contributed by atoms with van der Waals surface area (Å²) >= 11 is 0. The first-order chi connectivity index (χ1) is 15.1. The topological polar surface area (TPSA) is 132 Å². The van der Waals surface area contributed by atoms with E-state index in [0.29, 0.717) is 22.6 Å². The number of nitrogens with zero attached hydrogens (tertiary/aromatic N) is 3. The molecule has 0 bridgehead atoms. The normalized spacial score (nSPS) is 10.3. The molecule has 31 heavy (non-hydrogen) atoms. The minimum Gasteiger partial charge on any atom is -0.508 e. The van der Waals surface area contributed by atoms with Crippen molar-refractivity contribution in [3.05, 3.63) is 78.4 Å². The van der Waals surface area contributed by atoms with Crippen molar-refractivity contribution in [3.8, 4) is 11.5 Å². The van der Waals surface area contributed by atoms with Gasteiger partial charge < -0.3 is 26.2 Å². The number of phenols is 2. The van der Waals surface area contributed by atoms with Crippen LogP contribution in [0.15, 0.2) is 72.8 Å². The third kappa shape index (κ3) is 5.24. The molecular weight excluding hydrogens is 396 g/mol. The molecule has 1 heterocycles. The first-order valence-electron chi connectivity index (χ1n) is 9.28. The molecule has 5 N–H and O–H groups in total. The fourth-order valence-corrected chi connectivity index (χ4v) is 2.67. The lowest BCUT2D eigenvalue weighted by atomic mass is 10.2. The molecular formula is C22H18N6O3. The minimum atomic E-state index is 0.150. The summed E-state index contributed by atoms with van der Waals surface area (Å²) in [4.78, 5) is 24.0. The highest BCUT2D eigenvalue weighted by Gasteiger charge is 2.09. The lowest BCUT2D eigenvalue weighted by Gasteiger charge is -2.12. The van der Waals surface area contributed by atoms with Crippen LogP contribution in [-0.4, -0.2) is 31.5 Å². The molecule has 0 aliphatic carbocycles. The van der Waals surface area contributed by atoms with Crippen molar-refractivity contribution in [2.45, 2.75) is 0 Å². The van der Waals surface area contributed by atoms with Crippen LogP contribution in [0.4, 0.5) is 34.9 Å². The van der Waals surface area contributed by atoms with E-state index in [-0.39, 0.29) is 29.3 Å². The second-order valence-electron chi connectivity index (χ2n) is 6.51. The van der Waals surface area contributed by atoms with Crippen molar-refractivity contribution >= 4 is 41.2 Å². The Kier molecular flexibility index (Phi) is 5.57. The Morgan fingerprint density at radius 3 is 1.19 bits per heavy atom. The molecule has 154 valence electrons. The van der Waals surface area contributed by atoms with Gasteiger partial charge in [0.25, 0.3) is 0 Å². The maximum atomic E-state index is 10.9. The zero-order chi connectivity index (χ0) is 21.6. The number of carbonyl (C=O) groups excluding carboxylic acids is 1. The predicted molar refractivity (Wildman–Crippen MR) is 118 cm³/mol. The highest BCUT2D eigenvalue weighted by molar-refractivity contribution is 5.76. The van der Waals surface area contributed by atoms with Crippen molar-refractivity contribution in [2.75, 3.05) is 16.0 Å². The van der Waals surface area contributed by atoms with Gasteiger partial charge in [-0.05, 0) is 72.8 Å². The Labute approximate surface area is 177 Å². The number of hydrogen-bond donors (Lipinski definition) is 5. The van der Waals surface area contributed by atoms with E-state index in [1.807, 2.05) is 0 Å². The Morgan fingerprint density at radius 1 is 0.548 bits per heavy atom. The number of rotatable bonds is 7. The average Bonchev–Trinajstić information content (AvgIpc) is 2.77. The first kappa shape index (κ1) is 19.6. The SMILES string of the molecule is O=Cc1ccc(Nc2nc(Nc3ccc(O)cc3)nc(Nc3ccc(O)cc3)n2)cc1. The lowest BCUT2D eigenvalue weighted by Crippen LogP contribution is -2.07. The van der Waals surface area contributed by atoms with Crippen LogP contribution in [0.5, 0.6) is 11.5 Å². The van der Waals surface area contributed by atoms with Crippen molar-refractivity contribution in [2.24, 2.45) is 0 Å². The van der Waals surface area contributed by atoms with Crippen LogP contribution in [0.2, 0.25) is 0 Å². The summed E-state index contributed by atoms with van der Waals surface area (Å²) < 4.78 is 0. The second-order valence-corrected chi connectivity index (χ2v) is 6.51. The van der Waals surface area contributed by atoms with Gasteiger partial charge in [0.1, 0.15) is 17.8 Å². The summed E-state index contributed by atoms with van der Waals surface area (Å²) in [5.74, 6) is 1.12. The summed E-state index contributed by atoms with van der Waals surface area (Å²) in [6.45, 7) is 0. The Morgan fingerprint density at radius 2 is 0.871 bits per heavy atom. The molecule has 0 saturated carbocycles. The molecule has 9 nitrogen and oxygen atoms in total. The molecule has 0 amide bonds. The number of phenolic OH excluding ortho intramolecular Hbond substituents is 2. The van der Waals surface area contributed by atoms with Crippen molar-refractivity contribution in [3.63, 3.8) is 0 Å². The third-order valence-corrected chi connectivity index (χ3v) is 4.19. The number of hydrogen-bond acceptors (Lipinski definition) is 9. The summed E-state index contributed by atoms with van der Waals surface area (Å²) in [6.07, 6.45) is 0.770. The van der Waals surface area contributed by atoms with Gasteiger partial charge in [-0.1, -0.05) is 0 Å². The van der Waals surface area contributed by atoms with Gasteiger partial charge in [-0.3, -0.25) is 4.79 Å². The number of aldehydes is 1. The van der Waals surface area contributed by atoms with E-state index in [1.165, 1.54) is 0 Å². The van der Waals surface area contributed by atoms with Crippen molar-refractivity contribution < 1.29 is 15.0 Å². The summed E-state index contributed by atoms with van der Waals surface area (Å²) in [5, 5.41) is 28.2. The van der Waals surface area contributed by atoms with Crippen LogP contribution in [0, 0.1) is 0 Å². The van der Waals surface area contributed by atoms with E-state index in [4.69, 9.17) is 0 Å². The van der Waals surface area contributed by atoms with Gasteiger partial charge in [0.05, 0.1) is 0 Å².